The van der Waals surface area contributed by atoms with Gasteiger partial charge in [0.2, 0.25) is 5.76 Å². The Morgan fingerprint density at radius 2 is 2.09 bits per heavy atom. The number of hydrogen-bond acceptors (Lipinski definition) is 4. The molecule has 0 saturated heterocycles. The van der Waals surface area contributed by atoms with E-state index in [-0.39, 0.29) is 11.7 Å². The summed E-state index contributed by atoms with van der Waals surface area (Å²) < 4.78 is 10.3. The second-order valence-corrected chi connectivity index (χ2v) is 4.87. The summed E-state index contributed by atoms with van der Waals surface area (Å²) in [4.78, 5) is 16.3. The number of nitrogens with one attached hydrogen (secondary N) is 1. The van der Waals surface area contributed by atoms with Crippen molar-refractivity contribution in [3.63, 3.8) is 0 Å². The predicted octanol–water partition coefficient (Wildman–Crippen LogP) is 3.08. The molecule has 0 atom stereocenters. The fraction of sp³-hybridized carbons (Fsp3) is 0.111. The Balaban J connectivity index is 1.69. The first kappa shape index (κ1) is 14.8. The summed E-state index contributed by atoms with van der Waals surface area (Å²) in [6.45, 7) is 0.844. The van der Waals surface area contributed by atoms with E-state index in [0.717, 1.165) is 11.3 Å². The van der Waals surface area contributed by atoms with Gasteiger partial charge in [-0.25, -0.2) is 0 Å². The molecule has 0 unspecified atom stereocenters. The number of aromatic nitrogens is 1. The Kier molecular flexibility index (Phi) is 4.69. The maximum absolute atomic E-state index is 12.0. The van der Waals surface area contributed by atoms with Gasteiger partial charge in [-0.15, -0.1) is 0 Å². The molecule has 0 spiro atoms. The van der Waals surface area contributed by atoms with Crippen LogP contribution in [0.3, 0.4) is 0 Å². The molecule has 2 aromatic rings. The molecular formula is C18H16N2O3. The van der Waals surface area contributed by atoms with Gasteiger partial charge in [0, 0.05) is 11.9 Å². The Morgan fingerprint density at radius 3 is 2.87 bits per heavy atom. The highest BCUT2D eigenvalue weighted by Gasteiger charge is 2.14. The standard InChI is InChI=1S/C18H16N2O3/c21-18(17-13-22-10-11-23-17)20-16-6-3-4-14(12-16)7-8-15-5-1-2-9-19-15/h1-9,12-13H,10-11H2,(H,20,21)/b8-7+. The third-order valence-electron chi connectivity index (χ3n) is 3.15. The second-order valence-electron chi connectivity index (χ2n) is 4.87. The lowest BCUT2D eigenvalue weighted by Gasteiger charge is -2.15. The molecule has 3 rings (SSSR count). The first-order valence-electron chi connectivity index (χ1n) is 7.26. The Hall–Kier alpha value is -3.08. The molecule has 0 saturated carbocycles. The zero-order valence-corrected chi connectivity index (χ0v) is 12.4. The number of benzene rings is 1. The van der Waals surface area contributed by atoms with Gasteiger partial charge < -0.3 is 14.8 Å². The minimum absolute atomic E-state index is 0.186. The molecule has 23 heavy (non-hydrogen) atoms. The van der Waals surface area contributed by atoms with E-state index in [1.807, 2.05) is 54.6 Å². The van der Waals surface area contributed by atoms with Crippen LogP contribution in [0.25, 0.3) is 12.2 Å². The fourth-order valence-corrected chi connectivity index (χ4v) is 2.06. The zero-order chi connectivity index (χ0) is 15.9. The fourth-order valence-electron chi connectivity index (χ4n) is 2.06. The molecule has 0 radical (unpaired) electrons. The monoisotopic (exact) mass is 308 g/mol. The van der Waals surface area contributed by atoms with Gasteiger partial charge in [0.1, 0.15) is 19.5 Å². The number of anilines is 1. The number of hydrogen-bond donors (Lipinski definition) is 1. The molecular weight excluding hydrogens is 292 g/mol. The van der Waals surface area contributed by atoms with Crippen molar-refractivity contribution < 1.29 is 14.3 Å². The quantitative estimate of drug-likeness (QED) is 0.943. The molecule has 116 valence electrons. The van der Waals surface area contributed by atoms with Gasteiger partial charge in [0.15, 0.2) is 0 Å². The molecule has 1 aliphatic heterocycles. The number of nitrogens with zero attached hydrogens (tertiary/aromatic N) is 1. The molecule has 0 bridgehead atoms. The molecule has 1 aromatic carbocycles. The second kappa shape index (κ2) is 7.26. The van der Waals surface area contributed by atoms with Gasteiger partial charge in [-0.2, -0.15) is 0 Å². The highest BCUT2D eigenvalue weighted by Crippen LogP contribution is 2.15. The summed E-state index contributed by atoms with van der Waals surface area (Å²) in [6, 6.07) is 13.3. The van der Waals surface area contributed by atoms with E-state index in [1.54, 1.807) is 6.20 Å². The van der Waals surface area contributed by atoms with Gasteiger partial charge >= 0.3 is 0 Å². The third-order valence-corrected chi connectivity index (χ3v) is 3.15. The summed E-state index contributed by atoms with van der Waals surface area (Å²) in [5.74, 6) is -0.138. The SMILES string of the molecule is O=C(Nc1cccc(/C=C/c2ccccn2)c1)C1=COCCO1. The molecule has 1 aliphatic rings. The Bertz CT molecular complexity index is 739. The minimum Gasteiger partial charge on any atom is -0.494 e. The van der Waals surface area contributed by atoms with Crippen LogP contribution in [0, 0.1) is 0 Å². The van der Waals surface area contributed by atoms with Crippen molar-refractivity contribution in [2.45, 2.75) is 0 Å². The highest BCUT2D eigenvalue weighted by atomic mass is 16.6. The van der Waals surface area contributed by atoms with Crippen molar-refractivity contribution in [2.75, 3.05) is 18.5 Å². The number of rotatable bonds is 4. The van der Waals surface area contributed by atoms with Crippen molar-refractivity contribution in [3.05, 3.63) is 71.9 Å². The van der Waals surface area contributed by atoms with Gasteiger partial charge in [0.05, 0.1) is 5.69 Å². The molecule has 1 N–H and O–H groups in total. The first-order valence-corrected chi connectivity index (χ1v) is 7.26. The minimum atomic E-state index is -0.324. The number of amides is 1. The molecule has 1 amide bonds. The number of ether oxygens (including phenoxy) is 2. The summed E-state index contributed by atoms with van der Waals surface area (Å²) in [7, 11) is 0. The van der Waals surface area contributed by atoms with E-state index in [9.17, 15) is 4.79 Å². The van der Waals surface area contributed by atoms with Crippen molar-refractivity contribution >= 4 is 23.7 Å². The van der Waals surface area contributed by atoms with Crippen molar-refractivity contribution in [1.82, 2.24) is 4.98 Å². The molecule has 1 aromatic heterocycles. The lowest BCUT2D eigenvalue weighted by Crippen LogP contribution is -2.21. The summed E-state index contributed by atoms with van der Waals surface area (Å²) in [6.07, 6.45) is 6.94. The van der Waals surface area contributed by atoms with Crippen LogP contribution < -0.4 is 5.32 Å². The largest absolute Gasteiger partial charge is 0.494 e. The summed E-state index contributed by atoms with van der Waals surface area (Å²) >= 11 is 0. The van der Waals surface area contributed by atoms with Gasteiger partial charge in [-0.05, 0) is 35.9 Å². The zero-order valence-electron chi connectivity index (χ0n) is 12.4. The highest BCUT2D eigenvalue weighted by molar-refractivity contribution is 6.02. The van der Waals surface area contributed by atoms with E-state index >= 15 is 0 Å². The molecule has 2 heterocycles. The number of carbonyl (C=O) groups excluding carboxylic acids is 1. The van der Waals surface area contributed by atoms with Gasteiger partial charge in [0.25, 0.3) is 5.91 Å². The van der Waals surface area contributed by atoms with Crippen LogP contribution in [0.5, 0.6) is 0 Å². The normalized spacial score (nSPS) is 13.8. The Labute approximate surface area is 134 Å². The van der Waals surface area contributed by atoms with Crippen LogP contribution in [0.2, 0.25) is 0 Å². The maximum atomic E-state index is 12.0. The average molecular weight is 308 g/mol. The molecule has 0 fully saturated rings. The van der Waals surface area contributed by atoms with Crippen LogP contribution in [0.1, 0.15) is 11.3 Å². The average Bonchev–Trinajstić information content (AvgIpc) is 2.62. The molecule has 5 nitrogen and oxygen atoms in total. The van der Waals surface area contributed by atoms with Crippen LogP contribution in [0.15, 0.2) is 60.7 Å². The van der Waals surface area contributed by atoms with Crippen molar-refractivity contribution in [1.29, 1.82) is 0 Å². The van der Waals surface area contributed by atoms with E-state index < -0.39 is 0 Å². The van der Waals surface area contributed by atoms with Crippen molar-refractivity contribution in [3.8, 4) is 0 Å². The summed E-state index contributed by atoms with van der Waals surface area (Å²) in [5, 5.41) is 2.79. The number of carbonyl (C=O) groups is 1. The maximum Gasteiger partial charge on any atom is 0.294 e. The molecule has 5 heteroatoms. The van der Waals surface area contributed by atoms with Crippen LogP contribution in [0.4, 0.5) is 5.69 Å². The van der Waals surface area contributed by atoms with E-state index in [0.29, 0.717) is 18.9 Å². The van der Waals surface area contributed by atoms with Gasteiger partial charge in [-0.3, -0.25) is 9.78 Å². The lowest BCUT2D eigenvalue weighted by molar-refractivity contribution is -0.117. The van der Waals surface area contributed by atoms with E-state index in [4.69, 9.17) is 9.47 Å². The first-order chi connectivity index (χ1) is 11.3. The lowest BCUT2D eigenvalue weighted by atomic mass is 10.1. The third kappa shape index (κ3) is 4.20. The Morgan fingerprint density at radius 1 is 1.13 bits per heavy atom. The van der Waals surface area contributed by atoms with Crippen LogP contribution >= 0.6 is 0 Å². The predicted molar refractivity (Wildman–Crippen MR) is 88.2 cm³/mol. The number of pyridine rings is 1. The van der Waals surface area contributed by atoms with Crippen LogP contribution in [-0.4, -0.2) is 24.1 Å². The summed E-state index contributed by atoms with van der Waals surface area (Å²) in [5.41, 5.74) is 2.52. The van der Waals surface area contributed by atoms with Crippen molar-refractivity contribution in [2.24, 2.45) is 0 Å². The smallest absolute Gasteiger partial charge is 0.294 e. The topological polar surface area (TPSA) is 60.5 Å². The molecule has 0 aliphatic carbocycles. The van der Waals surface area contributed by atoms with Crippen LogP contribution in [-0.2, 0) is 14.3 Å². The van der Waals surface area contributed by atoms with E-state index in [2.05, 4.69) is 10.3 Å². The van der Waals surface area contributed by atoms with Gasteiger partial charge in [-0.1, -0.05) is 24.3 Å². The van der Waals surface area contributed by atoms with E-state index in [1.165, 1.54) is 6.26 Å².